The molecule has 0 saturated carbocycles. The fraction of sp³-hybridized carbons (Fsp3) is 0.600. The first-order chi connectivity index (χ1) is 11.0. The predicted octanol–water partition coefficient (Wildman–Crippen LogP) is 4.42. The van der Waals surface area contributed by atoms with E-state index in [2.05, 4.69) is 19.9 Å². The van der Waals surface area contributed by atoms with Gasteiger partial charge in [0.2, 0.25) is 5.91 Å². The van der Waals surface area contributed by atoms with Gasteiger partial charge in [-0.3, -0.25) is 9.59 Å². The summed E-state index contributed by atoms with van der Waals surface area (Å²) in [5.41, 5.74) is 2.03. The summed E-state index contributed by atoms with van der Waals surface area (Å²) >= 11 is 0. The van der Waals surface area contributed by atoms with E-state index in [9.17, 15) is 9.59 Å². The Morgan fingerprint density at radius 2 is 1.91 bits per heavy atom. The molecule has 0 spiro atoms. The number of ketones is 1. The molecule has 3 heteroatoms. The Labute approximate surface area is 140 Å². The molecule has 1 saturated heterocycles. The molecule has 1 heterocycles. The van der Waals surface area contributed by atoms with Gasteiger partial charge in [-0.15, -0.1) is 0 Å². The van der Waals surface area contributed by atoms with Crippen LogP contribution in [0.25, 0.3) is 0 Å². The first-order valence-corrected chi connectivity index (χ1v) is 8.86. The molecule has 1 aliphatic heterocycles. The first kappa shape index (κ1) is 17.7. The summed E-state index contributed by atoms with van der Waals surface area (Å²) in [6.45, 7) is 7.69. The van der Waals surface area contributed by atoms with Crippen LogP contribution in [0.15, 0.2) is 24.3 Å². The van der Waals surface area contributed by atoms with Gasteiger partial charge in [-0.25, -0.2) is 0 Å². The van der Waals surface area contributed by atoms with Gasteiger partial charge in [-0.05, 0) is 49.7 Å². The second-order valence-corrected chi connectivity index (χ2v) is 7.12. The molecule has 126 valence electrons. The number of piperidine rings is 1. The molecular weight excluding hydrogens is 286 g/mol. The van der Waals surface area contributed by atoms with E-state index in [0.717, 1.165) is 44.3 Å². The number of carbonyl (C=O) groups excluding carboxylic acids is 2. The third-order valence-corrected chi connectivity index (χ3v) is 4.78. The number of hydrogen-bond donors (Lipinski definition) is 0. The summed E-state index contributed by atoms with van der Waals surface area (Å²) in [4.78, 5) is 25.8. The van der Waals surface area contributed by atoms with E-state index in [1.165, 1.54) is 5.56 Å². The van der Waals surface area contributed by atoms with Crippen molar-refractivity contribution in [3.8, 4) is 0 Å². The number of hydrogen-bond acceptors (Lipinski definition) is 2. The van der Waals surface area contributed by atoms with Crippen LogP contribution in [0, 0.1) is 5.92 Å². The molecule has 0 aliphatic carbocycles. The van der Waals surface area contributed by atoms with Crippen LogP contribution >= 0.6 is 0 Å². The van der Waals surface area contributed by atoms with Crippen molar-refractivity contribution < 1.29 is 9.59 Å². The molecule has 0 atom stereocenters. The summed E-state index contributed by atoms with van der Waals surface area (Å²) in [6.07, 6.45) is 4.80. The van der Waals surface area contributed by atoms with E-state index < -0.39 is 0 Å². The summed E-state index contributed by atoms with van der Waals surface area (Å²) < 4.78 is 0. The van der Waals surface area contributed by atoms with Crippen molar-refractivity contribution in [2.45, 2.75) is 58.8 Å². The van der Waals surface area contributed by atoms with Gasteiger partial charge in [0.05, 0.1) is 0 Å². The molecule has 0 radical (unpaired) electrons. The summed E-state index contributed by atoms with van der Waals surface area (Å²) in [6, 6.07) is 7.97. The first-order valence-electron chi connectivity index (χ1n) is 8.86. The monoisotopic (exact) mass is 315 g/mol. The summed E-state index contributed by atoms with van der Waals surface area (Å²) in [7, 11) is 0. The van der Waals surface area contributed by atoms with E-state index in [4.69, 9.17) is 0 Å². The predicted molar refractivity (Wildman–Crippen MR) is 93.7 cm³/mol. The molecule has 1 aliphatic rings. The van der Waals surface area contributed by atoms with Crippen molar-refractivity contribution in [1.29, 1.82) is 0 Å². The molecule has 1 aromatic carbocycles. The second-order valence-electron chi connectivity index (χ2n) is 7.12. The van der Waals surface area contributed by atoms with Gasteiger partial charge in [0.15, 0.2) is 5.78 Å². The number of likely N-dealkylation sites (tertiary alicyclic amines) is 1. The van der Waals surface area contributed by atoms with Gasteiger partial charge >= 0.3 is 0 Å². The highest BCUT2D eigenvalue weighted by atomic mass is 16.2. The Hall–Kier alpha value is -1.64. The Balaban J connectivity index is 1.85. The minimum atomic E-state index is 0.115. The number of Topliss-reactive ketones (excluding diaryl/α,β-unsaturated/α-hetero) is 1. The van der Waals surface area contributed by atoms with Gasteiger partial charge in [-0.2, -0.15) is 0 Å². The third kappa shape index (κ3) is 5.19. The third-order valence-electron chi connectivity index (χ3n) is 4.78. The summed E-state index contributed by atoms with van der Waals surface area (Å²) in [5, 5.41) is 0. The van der Waals surface area contributed by atoms with Crippen LogP contribution in [0.1, 0.15) is 74.7 Å². The lowest BCUT2D eigenvalue weighted by molar-refractivity contribution is -0.132. The quantitative estimate of drug-likeness (QED) is 0.729. The Kier molecular flexibility index (Phi) is 6.37. The number of carbonyl (C=O) groups is 2. The lowest BCUT2D eigenvalue weighted by Crippen LogP contribution is -2.37. The highest BCUT2D eigenvalue weighted by Crippen LogP contribution is 2.29. The van der Waals surface area contributed by atoms with Crippen molar-refractivity contribution in [3.63, 3.8) is 0 Å². The molecule has 1 fully saturated rings. The molecule has 1 amide bonds. The second kappa shape index (κ2) is 8.28. The van der Waals surface area contributed by atoms with Crippen LogP contribution < -0.4 is 0 Å². The topological polar surface area (TPSA) is 37.4 Å². The number of rotatable bonds is 6. The van der Waals surface area contributed by atoms with Crippen LogP contribution in [0.2, 0.25) is 0 Å². The molecule has 2 rings (SSSR count). The van der Waals surface area contributed by atoms with Crippen molar-refractivity contribution in [1.82, 2.24) is 4.90 Å². The van der Waals surface area contributed by atoms with Crippen molar-refractivity contribution >= 4 is 11.7 Å². The van der Waals surface area contributed by atoms with Crippen LogP contribution in [-0.4, -0.2) is 29.7 Å². The smallest absolute Gasteiger partial charge is 0.222 e. The van der Waals surface area contributed by atoms with Crippen molar-refractivity contribution in [3.05, 3.63) is 35.4 Å². The van der Waals surface area contributed by atoms with E-state index in [-0.39, 0.29) is 5.78 Å². The normalized spacial score (nSPS) is 15.9. The maximum atomic E-state index is 12.2. The average Bonchev–Trinajstić information content (AvgIpc) is 2.54. The van der Waals surface area contributed by atoms with E-state index >= 15 is 0 Å². The molecule has 0 N–H and O–H groups in total. The summed E-state index contributed by atoms with van der Waals surface area (Å²) in [5.74, 6) is 1.56. The Bertz CT molecular complexity index is 542. The molecule has 0 unspecified atom stereocenters. The van der Waals surface area contributed by atoms with Crippen LogP contribution in [0.5, 0.6) is 0 Å². The molecule has 0 bridgehead atoms. The Morgan fingerprint density at radius 1 is 1.22 bits per heavy atom. The SMILES string of the molecule is CC(=O)c1cccc(C2CCN(C(=O)CCCC(C)C)CC2)c1. The van der Waals surface area contributed by atoms with Crippen LogP contribution in [-0.2, 0) is 4.79 Å². The van der Waals surface area contributed by atoms with Crippen LogP contribution in [0.4, 0.5) is 0 Å². The van der Waals surface area contributed by atoms with Gasteiger partial charge in [0.1, 0.15) is 0 Å². The highest BCUT2D eigenvalue weighted by molar-refractivity contribution is 5.94. The molecular formula is C20H29NO2. The van der Waals surface area contributed by atoms with Gasteiger partial charge in [0.25, 0.3) is 0 Å². The molecule has 23 heavy (non-hydrogen) atoms. The zero-order valence-electron chi connectivity index (χ0n) is 14.7. The zero-order valence-corrected chi connectivity index (χ0v) is 14.7. The molecule has 1 aromatic rings. The lowest BCUT2D eigenvalue weighted by Gasteiger charge is -2.32. The maximum absolute atomic E-state index is 12.2. The van der Waals surface area contributed by atoms with Gasteiger partial charge < -0.3 is 4.90 Å². The minimum Gasteiger partial charge on any atom is -0.343 e. The van der Waals surface area contributed by atoms with Crippen LogP contribution in [0.3, 0.4) is 0 Å². The largest absolute Gasteiger partial charge is 0.343 e. The maximum Gasteiger partial charge on any atom is 0.222 e. The number of nitrogens with zero attached hydrogens (tertiary/aromatic N) is 1. The lowest BCUT2D eigenvalue weighted by atomic mass is 9.88. The standard InChI is InChI=1S/C20H29NO2/c1-15(2)6-4-9-20(23)21-12-10-17(11-13-21)19-8-5-7-18(14-19)16(3)22/h5,7-8,14-15,17H,4,6,9-13H2,1-3H3. The zero-order chi connectivity index (χ0) is 16.8. The minimum absolute atomic E-state index is 0.115. The van der Waals surface area contributed by atoms with Crippen molar-refractivity contribution in [2.75, 3.05) is 13.1 Å². The van der Waals surface area contributed by atoms with E-state index in [1.807, 2.05) is 23.1 Å². The van der Waals surface area contributed by atoms with Gasteiger partial charge in [-0.1, -0.05) is 38.5 Å². The number of amides is 1. The fourth-order valence-corrected chi connectivity index (χ4v) is 3.29. The highest BCUT2D eigenvalue weighted by Gasteiger charge is 2.23. The average molecular weight is 315 g/mol. The fourth-order valence-electron chi connectivity index (χ4n) is 3.29. The van der Waals surface area contributed by atoms with Gasteiger partial charge in [0, 0.05) is 25.1 Å². The number of benzene rings is 1. The molecule has 0 aromatic heterocycles. The van der Waals surface area contributed by atoms with E-state index in [1.54, 1.807) is 6.92 Å². The van der Waals surface area contributed by atoms with Crippen molar-refractivity contribution in [2.24, 2.45) is 5.92 Å². The van der Waals surface area contributed by atoms with E-state index in [0.29, 0.717) is 24.2 Å². The molecule has 3 nitrogen and oxygen atoms in total. The Morgan fingerprint density at radius 3 is 2.52 bits per heavy atom.